The molecule has 2 N–H and O–H groups in total. The van der Waals surface area contributed by atoms with Crippen molar-refractivity contribution in [1.29, 1.82) is 0 Å². The van der Waals surface area contributed by atoms with Crippen LogP contribution in [0.1, 0.15) is 71.6 Å². The zero-order valence-electron chi connectivity index (χ0n) is 23.9. The number of rotatable bonds is 3. The van der Waals surface area contributed by atoms with E-state index in [-0.39, 0.29) is 17.8 Å². The molecular formula is C32H38N2O6. The molecule has 0 amide bonds. The smallest absolute Gasteiger partial charge is 0.195 e. The molecule has 1 saturated heterocycles. The van der Waals surface area contributed by atoms with E-state index in [1.807, 2.05) is 20.8 Å². The normalized spacial score (nSPS) is 44.4. The number of benzene rings is 1. The Balaban J connectivity index is 1.29. The lowest BCUT2D eigenvalue weighted by Crippen LogP contribution is -2.75. The molecule has 4 heterocycles. The molecule has 40 heavy (non-hydrogen) atoms. The number of ether oxygens (including phenoxy) is 3. The minimum absolute atomic E-state index is 0.155. The van der Waals surface area contributed by atoms with Gasteiger partial charge in [-0.2, -0.15) is 0 Å². The van der Waals surface area contributed by atoms with Crippen LogP contribution in [0.25, 0.3) is 10.9 Å². The average molecular weight is 547 g/mol. The number of aromatic amines is 1. The first kappa shape index (κ1) is 25.2. The molecule has 8 heteroatoms. The Morgan fingerprint density at radius 1 is 1.15 bits per heavy atom. The molecule has 0 radical (unpaired) electrons. The van der Waals surface area contributed by atoms with Crippen molar-refractivity contribution in [2.45, 2.75) is 107 Å². The van der Waals surface area contributed by atoms with Crippen molar-refractivity contribution >= 4 is 22.4 Å². The monoisotopic (exact) mass is 546 g/mol. The van der Waals surface area contributed by atoms with Gasteiger partial charge in [0.05, 0.1) is 18.4 Å². The molecule has 2 bridgehead atoms. The Labute approximate surface area is 234 Å². The fraction of sp³-hybridized carbons (Fsp3) is 0.625. The van der Waals surface area contributed by atoms with Crippen LogP contribution in [0.3, 0.4) is 0 Å². The number of nitrogens with one attached hydrogen (secondary N) is 1. The van der Waals surface area contributed by atoms with Crippen molar-refractivity contribution in [1.82, 2.24) is 4.98 Å². The highest BCUT2D eigenvalue weighted by atomic mass is 16.8. The number of oxime groups is 1. The van der Waals surface area contributed by atoms with Crippen molar-refractivity contribution in [2.75, 3.05) is 6.61 Å². The molecule has 2 aromatic rings. The van der Waals surface area contributed by atoms with Crippen molar-refractivity contribution < 1.29 is 28.9 Å². The van der Waals surface area contributed by atoms with Crippen LogP contribution in [-0.2, 0) is 35.7 Å². The second-order valence-electron chi connectivity index (χ2n) is 14.0. The van der Waals surface area contributed by atoms with Gasteiger partial charge in [0.1, 0.15) is 11.2 Å². The first-order valence-electron chi connectivity index (χ1n) is 14.7. The molecule has 2 unspecified atom stereocenters. The molecule has 3 fully saturated rings. The summed E-state index contributed by atoms with van der Waals surface area (Å²) < 4.78 is 19.8. The molecule has 1 aromatic carbocycles. The maximum Gasteiger partial charge on any atom is 0.195 e. The van der Waals surface area contributed by atoms with Crippen LogP contribution in [-0.4, -0.2) is 63.5 Å². The fourth-order valence-corrected chi connectivity index (χ4v) is 9.47. The maximum atomic E-state index is 13.5. The summed E-state index contributed by atoms with van der Waals surface area (Å²) in [5.74, 6) is -1.05. The number of hydrogen-bond donors (Lipinski definition) is 2. The van der Waals surface area contributed by atoms with Gasteiger partial charge in [-0.1, -0.05) is 37.2 Å². The lowest BCUT2D eigenvalue weighted by Gasteiger charge is -2.67. The van der Waals surface area contributed by atoms with Gasteiger partial charge in [-0.3, -0.25) is 4.79 Å². The lowest BCUT2D eigenvalue weighted by atomic mass is 9.41. The summed E-state index contributed by atoms with van der Waals surface area (Å²) in [5.41, 5.74) is 1.75. The number of nitrogens with zero attached hydrogens (tertiary/aromatic N) is 1. The molecule has 212 valence electrons. The zero-order valence-corrected chi connectivity index (χ0v) is 23.9. The molecule has 1 aromatic heterocycles. The van der Waals surface area contributed by atoms with Crippen LogP contribution >= 0.6 is 0 Å². The highest BCUT2D eigenvalue weighted by Gasteiger charge is 2.78. The standard InChI is InChI=1S/C32H38N2O6/c1-17-12-19(39-34-17)16-37-25-14-18-13-21-20-8-6-7-9-22(20)33-26(21)30(18,5)29(4)10-11-31-24(32(25,29)36)15-23(35)27(38-31)28(2,3)40-31/h6-9,15,18-19,25,27,33,36H,10-14,16H2,1-5H3/t18-,19?,25+,27?,29-,30-,31+,32+/m1/s1. The molecular weight excluding hydrogens is 508 g/mol. The molecule has 3 aliphatic heterocycles. The van der Waals surface area contributed by atoms with Crippen LogP contribution in [0.2, 0.25) is 0 Å². The summed E-state index contributed by atoms with van der Waals surface area (Å²) in [7, 11) is 0. The number of aliphatic hydroxyl groups is 1. The number of hydrogen-bond acceptors (Lipinski definition) is 7. The van der Waals surface area contributed by atoms with Crippen LogP contribution < -0.4 is 0 Å². The molecule has 8 atom stereocenters. The lowest BCUT2D eigenvalue weighted by molar-refractivity contribution is -0.282. The number of carbonyl (C=O) groups is 1. The van der Waals surface area contributed by atoms with E-state index in [4.69, 9.17) is 19.0 Å². The van der Waals surface area contributed by atoms with Gasteiger partial charge in [-0.05, 0) is 63.7 Å². The van der Waals surface area contributed by atoms with E-state index < -0.39 is 40.0 Å². The number of carbonyl (C=O) groups excluding carboxylic acids is 1. The molecule has 6 aliphatic rings. The molecule has 2 saturated carbocycles. The SMILES string of the molecule is CC1=NOC(CO[C@H]2C[C@H]3Cc4c([nH]c5ccccc45)[C@]3(C)[C@@]3(C)CC[C@@]45OC(C(=O)C=C4[C@]23O)C(C)(C)O5)C1. The second-order valence-corrected chi connectivity index (χ2v) is 14.0. The van der Waals surface area contributed by atoms with E-state index in [2.05, 4.69) is 48.3 Å². The van der Waals surface area contributed by atoms with Crippen molar-refractivity contribution in [3.05, 3.63) is 47.2 Å². The van der Waals surface area contributed by atoms with Crippen LogP contribution in [0.4, 0.5) is 0 Å². The number of para-hydroxylation sites is 1. The Morgan fingerprint density at radius 3 is 2.73 bits per heavy atom. The van der Waals surface area contributed by atoms with Gasteiger partial charge in [-0.15, -0.1) is 0 Å². The summed E-state index contributed by atoms with van der Waals surface area (Å²) in [4.78, 5) is 22.9. The Hall–Kier alpha value is -2.52. The molecule has 8 rings (SSSR count). The largest absolute Gasteiger partial charge is 0.390 e. The maximum absolute atomic E-state index is 13.5. The third-order valence-corrected chi connectivity index (χ3v) is 11.6. The first-order chi connectivity index (χ1) is 18.9. The van der Waals surface area contributed by atoms with E-state index in [0.717, 1.165) is 17.6 Å². The highest BCUT2D eigenvalue weighted by Crippen LogP contribution is 2.72. The number of H-pyrrole nitrogens is 1. The van der Waals surface area contributed by atoms with Gasteiger partial charge >= 0.3 is 0 Å². The van der Waals surface area contributed by atoms with E-state index in [0.29, 0.717) is 37.9 Å². The van der Waals surface area contributed by atoms with Crippen molar-refractivity contribution in [2.24, 2.45) is 16.5 Å². The second kappa shape index (κ2) is 7.65. The number of aromatic nitrogens is 1. The zero-order chi connectivity index (χ0) is 27.9. The third kappa shape index (κ3) is 2.81. The van der Waals surface area contributed by atoms with E-state index in [9.17, 15) is 9.90 Å². The van der Waals surface area contributed by atoms with E-state index in [1.165, 1.54) is 16.6 Å². The van der Waals surface area contributed by atoms with E-state index >= 15 is 0 Å². The number of fused-ring (bicyclic) bond motifs is 9. The van der Waals surface area contributed by atoms with E-state index in [1.54, 1.807) is 6.08 Å². The van der Waals surface area contributed by atoms with Gasteiger partial charge in [0, 0.05) is 45.8 Å². The van der Waals surface area contributed by atoms with Crippen LogP contribution in [0.5, 0.6) is 0 Å². The summed E-state index contributed by atoms with van der Waals surface area (Å²) in [6, 6.07) is 8.46. The molecule has 1 spiro atoms. The van der Waals surface area contributed by atoms with Crippen LogP contribution in [0.15, 0.2) is 41.1 Å². The predicted molar refractivity (Wildman–Crippen MR) is 148 cm³/mol. The van der Waals surface area contributed by atoms with Crippen molar-refractivity contribution in [3.63, 3.8) is 0 Å². The topological polar surface area (TPSA) is 102 Å². The minimum Gasteiger partial charge on any atom is -0.390 e. The quantitative estimate of drug-likeness (QED) is 0.589. The Morgan fingerprint density at radius 2 is 1.95 bits per heavy atom. The number of ketones is 1. The van der Waals surface area contributed by atoms with Crippen molar-refractivity contribution in [3.8, 4) is 0 Å². The summed E-state index contributed by atoms with van der Waals surface area (Å²) in [6.45, 7) is 10.6. The minimum atomic E-state index is -1.51. The summed E-state index contributed by atoms with van der Waals surface area (Å²) in [6.07, 6.45) is 3.66. The fourth-order valence-electron chi connectivity index (χ4n) is 9.47. The van der Waals surface area contributed by atoms with Gasteiger partial charge in [0.2, 0.25) is 0 Å². The van der Waals surface area contributed by atoms with Crippen LogP contribution in [0, 0.1) is 11.3 Å². The van der Waals surface area contributed by atoms with Gasteiger partial charge in [0.25, 0.3) is 0 Å². The van der Waals surface area contributed by atoms with Gasteiger partial charge in [-0.25, -0.2) is 0 Å². The first-order valence-corrected chi connectivity index (χ1v) is 14.7. The Kier molecular flexibility index (Phi) is 4.82. The summed E-state index contributed by atoms with van der Waals surface area (Å²) >= 11 is 0. The summed E-state index contributed by atoms with van der Waals surface area (Å²) in [5, 5.41) is 18.7. The highest BCUT2D eigenvalue weighted by molar-refractivity contribution is 5.97. The van der Waals surface area contributed by atoms with Gasteiger partial charge < -0.3 is 29.1 Å². The third-order valence-electron chi connectivity index (χ3n) is 11.6. The predicted octanol–water partition coefficient (Wildman–Crippen LogP) is 4.48. The molecule has 8 nitrogen and oxygen atoms in total. The van der Waals surface area contributed by atoms with Gasteiger partial charge in [0.15, 0.2) is 23.8 Å². The molecule has 3 aliphatic carbocycles. The Bertz CT molecular complexity index is 1520. The average Bonchev–Trinajstić information content (AvgIpc) is 3.62.